The molecule has 2 atom stereocenters. The van der Waals surface area contributed by atoms with Crippen molar-refractivity contribution >= 4 is 22.4 Å². The van der Waals surface area contributed by atoms with E-state index in [1.54, 1.807) is 12.1 Å². The normalized spacial score (nSPS) is 14.7. The third-order valence-electron chi connectivity index (χ3n) is 4.82. The van der Waals surface area contributed by atoms with Crippen LogP contribution in [-0.4, -0.2) is 18.7 Å². The second kappa shape index (κ2) is 7.29. The molecule has 0 saturated carbocycles. The molecular weight excluding hydrogens is 340 g/mol. The summed E-state index contributed by atoms with van der Waals surface area (Å²) in [6.07, 6.45) is 0. The molecule has 0 spiro atoms. The minimum Gasteiger partial charge on any atom is -0.454 e. The lowest BCUT2D eigenvalue weighted by atomic mass is 9.99. The third kappa shape index (κ3) is 3.59. The topological polar surface area (TPSA) is 59.6 Å². The van der Waals surface area contributed by atoms with Gasteiger partial charge >= 0.3 is 0 Å². The van der Waals surface area contributed by atoms with Crippen LogP contribution in [0.4, 0.5) is 5.69 Å². The maximum atomic E-state index is 12.6. The highest BCUT2D eigenvalue weighted by molar-refractivity contribution is 5.95. The van der Waals surface area contributed by atoms with E-state index < -0.39 is 0 Å². The van der Waals surface area contributed by atoms with Gasteiger partial charge in [0.2, 0.25) is 12.7 Å². The van der Waals surface area contributed by atoms with Gasteiger partial charge in [0.1, 0.15) is 0 Å². The van der Waals surface area contributed by atoms with Crippen LogP contribution in [0, 0.1) is 0 Å². The van der Waals surface area contributed by atoms with Crippen LogP contribution in [-0.2, 0) is 4.79 Å². The van der Waals surface area contributed by atoms with Gasteiger partial charge in [-0.15, -0.1) is 0 Å². The number of carbonyl (C=O) groups excluding carboxylic acids is 1. The molecule has 4 rings (SSSR count). The van der Waals surface area contributed by atoms with Gasteiger partial charge in [-0.1, -0.05) is 42.5 Å². The zero-order chi connectivity index (χ0) is 18.8. The van der Waals surface area contributed by atoms with Gasteiger partial charge in [-0.05, 0) is 42.3 Å². The van der Waals surface area contributed by atoms with Gasteiger partial charge in [-0.25, -0.2) is 0 Å². The first-order valence-corrected chi connectivity index (χ1v) is 9.06. The first-order chi connectivity index (χ1) is 13.1. The molecule has 0 unspecified atom stereocenters. The van der Waals surface area contributed by atoms with E-state index in [1.807, 2.05) is 31.2 Å². The number of fused-ring (bicyclic) bond motifs is 2. The Morgan fingerprint density at radius 2 is 1.74 bits per heavy atom. The number of anilines is 1. The quantitative estimate of drug-likeness (QED) is 0.712. The largest absolute Gasteiger partial charge is 0.454 e. The van der Waals surface area contributed by atoms with E-state index >= 15 is 0 Å². The molecule has 5 nitrogen and oxygen atoms in total. The molecular formula is C22H22N2O3. The minimum absolute atomic E-state index is 0.0357. The van der Waals surface area contributed by atoms with Gasteiger partial charge in [-0.2, -0.15) is 0 Å². The number of hydrogen-bond donors (Lipinski definition) is 2. The highest BCUT2D eigenvalue weighted by atomic mass is 16.7. The Hall–Kier alpha value is -3.05. The van der Waals surface area contributed by atoms with Crippen molar-refractivity contribution in [1.82, 2.24) is 5.32 Å². The first kappa shape index (κ1) is 17.4. The molecule has 0 aliphatic carbocycles. The van der Waals surface area contributed by atoms with Crippen molar-refractivity contribution in [3.63, 3.8) is 0 Å². The number of carbonyl (C=O) groups is 1. The molecule has 1 amide bonds. The summed E-state index contributed by atoms with van der Waals surface area (Å²) >= 11 is 0. The molecule has 0 radical (unpaired) electrons. The lowest BCUT2D eigenvalue weighted by Crippen LogP contribution is -2.39. The van der Waals surface area contributed by atoms with Crippen molar-refractivity contribution < 1.29 is 14.3 Å². The van der Waals surface area contributed by atoms with Crippen molar-refractivity contribution in [3.05, 3.63) is 66.2 Å². The van der Waals surface area contributed by atoms with Crippen LogP contribution in [0.1, 0.15) is 25.5 Å². The van der Waals surface area contributed by atoms with Gasteiger partial charge in [0.05, 0.1) is 6.04 Å². The average molecular weight is 362 g/mol. The molecule has 5 heteroatoms. The fourth-order valence-electron chi connectivity index (χ4n) is 3.39. The summed E-state index contributed by atoms with van der Waals surface area (Å²) in [5.74, 6) is 1.25. The van der Waals surface area contributed by atoms with E-state index in [0.717, 1.165) is 0 Å². The molecule has 0 fully saturated rings. The molecule has 0 bridgehead atoms. The van der Waals surface area contributed by atoms with E-state index in [0.29, 0.717) is 17.2 Å². The molecule has 1 heterocycles. The molecule has 1 aliphatic rings. The molecule has 0 aromatic heterocycles. The van der Waals surface area contributed by atoms with Gasteiger partial charge in [0.25, 0.3) is 0 Å². The molecule has 0 saturated heterocycles. The monoisotopic (exact) mass is 362 g/mol. The summed E-state index contributed by atoms with van der Waals surface area (Å²) < 4.78 is 10.7. The highest BCUT2D eigenvalue weighted by Crippen LogP contribution is 2.34. The van der Waals surface area contributed by atoms with E-state index in [2.05, 4.69) is 41.8 Å². The number of amides is 1. The van der Waals surface area contributed by atoms with Crippen molar-refractivity contribution in [3.8, 4) is 11.5 Å². The zero-order valence-electron chi connectivity index (χ0n) is 15.4. The van der Waals surface area contributed by atoms with Crippen LogP contribution in [0.5, 0.6) is 11.5 Å². The summed E-state index contributed by atoms with van der Waals surface area (Å²) in [5, 5.41) is 8.71. The SMILES string of the molecule is C[C@H](N[C@H](C)C(=O)Nc1ccc2c(c1)OCO2)c1cccc2ccccc12. The average Bonchev–Trinajstić information content (AvgIpc) is 3.15. The van der Waals surface area contributed by atoms with Crippen molar-refractivity contribution in [1.29, 1.82) is 0 Å². The van der Waals surface area contributed by atoms with E-state index in [1.165, 1.54) is 16.3 Å². The highest BCUT2D eigenvalue weighted by Gasteiger charge is 2.19. The number of benzene rings is 3. The van der Waals surface area contributed by atoms with Gasteiger partial charge in [0.15, 0.2) is 11.5 Å². The van der Waals surface area contributed by atoms with Gasteiger partial charge in [-0.3, -0.25) is 10.1 Å². The zero-order valence-corrected chi connectivity index (χ0v) is 15.4. The Morgan fingerprint density at radius 3 is 2.63 bits per heavy atom. The van der Waals surface area contributed by atoms with Crippen LogP contribution in [0.2, 0.25) is 0 Å². The standard InChI is InChI=1S/C22H22N2O3/c1-14(18-9-5-7-16-6-3-4-8-19(16)18)23-15(2)22(25)24-17-10-11-20-21(12-17)27-13-26-20/h3-12,14-15,23H,13H2,1-2H3,(H,24,25)/t14-,15+/m0/s1. The van der Waals surface area contributed by atoms with Crippen molar-refractivity contribution in [2.45, 2.75) is 25.9 Å². The first-order valence-electron chi connectivity index (χ1n) is 9.06. The van der Waals surface area contributed by atoms with Crippen LogP contribution in [0.25, 0.3) is 10.8 Å². The molecule has 3 aromatic rings. The Labute approximate surface area is 158 Å². The summed E-state index contributed by atoms with van der Waals surface area (Å²) in [4.78, 5) is 12.6. The maximum Gasteiger partial charge on any atom is 0.241 e. The lowest BCUT2D eigenvalue weighted by molar-refractivity contribution is -0.117. The summed E-state index contributed by atoms with van der Waals surface area (Å²) in [6.45, 7) is 4.16. The predicted molar refractivity (Wildman–Crippen MR) is 106 cm³/mol. The predicted octanol–water partition coefficient (Wildman–Crippen LogP) is 4.25. The molecule has 1 aliphatic heterocycles. The fraction of sp³-hybridized carbons (Fsp3) is 0.227. The Kier molecular flexibility index (Phi) is 4.69. The lowest BCUT2D eigenvalue weighted by Gasteiger charge is -2.21. The minimum atomic E-state index is -0.357. The molecule has 2 N–H and O–H groups in total. The Morgan fingerprint density at radius 1 is 0.963 bits per heavy atom. The Bertz CT molecular complexity index is 981. The molecule has 3 aromatic carbocycles. The third-order valence-corrected chi connectivity index (χ3v) is 4.82. The van der Waals surface area contributed by atoms with E-state index in [4.69, 9.17) is 9.47 Å². The molecule has 27 heavy (non-hydrogen) atoms. The van der Waals surface area contributed by atoms with Crippen LogP contribution >= 0.6 is 0 Å². The number of ether oxygens (including phenoxy) is 2. The molecule has 138 valence electrons. The fourth-order valence-corrected chi connectivity index (χ4v) is 3.39. The summed E-state index contributed by atoms with van der Waals surface area (Å²) in [5.41, 5.74) is 1.87. The summed E-state index contributed by atoms with van der Waals surface area (Å²) in [7, 11) is 0. The number of hydrogen-bond acceptors (Lipinski definition) is 4. The second-order valence-corrected chi connectivity index (χ2v) is 6.74. The van der Waals surface area contributed by atoms with Crippen LogP contribution in [0.15, 0.2) is 60.7 Å². The second-order valence-electron chi connectivity index (χ2n) is 6.74. The number of nitrogens with one attached hydrogen (secondary N) is 2. The smallest absolute Gasteiger partial charge is 0.241 e. The summed E-state index contributed by atoms with van der Waals surface area (Å²) in [6, 6.07) is 19.6. The van der Waals surface area contributed by atoms with Crippen molar-refractivity contribution in [2.24, 2.45) is 0 Å². The van der Waals surface area contributed by atoms with Crippen LogP contribution < -0.4 is 20.1 Å². The number of rotatable bonds is 5. The van der Waals surface area contributed by atoms with Crippen molar-refractivity contribution in [2.75, 3.05) is 12.1 Å². The maximum absolute atomic E-state index is 12.6. The van der Waals surface area contributed by atoms with E-state index in [-0.39, 0.29) is 24.8 Å². The van der Waals surface area contributed by atoms with E-state index in [9.17, 15) is 4.79 Å². The van der Waals surface area contributed by atoms with Gasteiger partial charge in [0, 0.05) is 17.8 Å². The van der Waals surface area contributed by atoms with Gasteiger partial charge < -0.3 is 14.8 Å². The van der Waals surface area contributed by atoms with Crippen LogP contribution in [0.3, 0.4) is 0 Å². The Balaban J connectivity index is 1.44.